The van der Waals surface area contributed by atoms with Gasteiger partial charge in [0.25, 0.3) is 0 Å². The van der Waals surface area contributed by atoms with Gasteiger partial charge in [0, 0.05) is 22.7 Å². The van der Waals surface area contributed by atoms with E-state index in [1.165, 1.54) is 0 Å². The van der Waals surface area contributed by atoms with Crippen molar-refractivity contribution < 1.29 is 4.74 Å². The van der Waals surface area contributed by atoms with Crippen LogP contribution in [0.2, 0.25) is 5.02 Å². The van der Waals surface area contributed by atoms with Gasteiger partial charge in [0.15, 0.2) is 6.21 Å². The van der Waals surface area contributed by atoms with Gasteiger partial charge in [0.05, 0.1) is 0 Å². The van der Waals surface area contributed by atoms with Crippen molar-refractivity contribution in [3.05, 3.63) is 69.4 Å². The number of rotatable bonds is 2. The van der Waals surface area contributed by atoms with Crippen LogP contribution in [0.25, 0.3) is 0 Å². The first-order chi connectivity index (χ1) is 8.58. The second-order valence-corrected chi connectivity index (χ2v) is 4.66. The van der Waals surface area contributed by atoms with Crippen LogP contribution in [0.4, 0.5) is 5.69 Å². The maximum absolute atomic E-state index is 12.0. The number of hydrogen-bond donors (Lipinski definition) is 0. The first kappa shape index (κ1) is 12.7. The van der Waals surface area contributed by atoms with Gasteiger partial charge in [-0.25, -0.2) is 0 Å². The molecule has 0 atom stereocenters. The predicted octanol–water partition coefficient (Wildman–Crippen LogP) is 4.22. The molecule has 0 spiro atoms. The number of hydrogen-bond acceptors (Lipinski definition) is 1. The highest BCUT2D eigenvalue weighted by atomic mass is 35.5. The van der Waals surface area contributed by atoms with Gasteiger partial charge in [0.2, 0.25) is 5.69 Å². The van der Waals surface area contributed by atoms with Crippen molar-refractivity contribution in [2.45, 2.75) is 13.8 Å². The highest BCUT2D eigenvalue weighted by Gasteiger charge is 2.05. The first-order valence-electron chi connectivity index (χ1n) is 5.71. The molecule has 2 aromatic carbocycles. The Morgan fingerprint density at radius 2 is 1.83 bits per heavy atom. The lowest BCUT2D eigenvalue weighted by atomic mass is 10.1. The summed E-state index contributed by atoms with van der Waals surface area (Å²) in [6, 6.07) is 13.0. The van der Waals surface area contributed by atoms with Gasteiger partial charge in [-0.1, -0.05) is 29.8 Å². The largest absolute Gasteiger partial charge is 0.618 e. The molecule has 0 N–H and O–H groups in total. The number of benzene rings is 2. The Balaban J connectivity index is 2.42. The summed E-state index contributed by atoms with van der Waals surface area (Å²) in [7, 11) is 0. The topological polar surface area (TPSA) is 26.1 Å². The molecule has 0 fully saturated rings. The summed E-state index contributed by atoms with van der Waals surface area (Å²) >= 11 is 6.03. The molecule has 0 bridgehead atoms. The third kappa shape index (κ3) is 2.71. The summed E-state index contributed by atoms with van der Waals surface area (Å²) in [6.45, 7) is 3.86. The van der Waals surface area contributed by atoms with Gasteiger partial charge < -0.3 is 5.21 Å². The SMILES string of the molecule is Cc1cccc([N+]([O-])=Cc2cccc(Cl)c2C)c1. The Morgan fingerprint density at radius 3 is 2.56 bits per heavy atom. The van der Waals surface area contributed by atoms with Crippen molar-refractivity contribution in [3.63, 3.8) is 0 Å². The Hall–Kier alpha value is -1.80. The van der Waals surface area contributed by atoms with Crippen molar-refractivity contribution in [3.8, 4) is 0 Å². The predicted molar refractivity (Wildman–Crippen MR) is 75.8 cm³/mol. The molecule has 18 heavy (non-hydrogen) atoms. The van der Waals surface area contributed by atoms with E-state index in [0.29, 0.717) is 10.7 Å². The zero-order valence-electron chi connectivity index (χ0n) is 10.4. The molecule has 2 nitrogen and oxygen atoms in total. The molecule has 2 rings (SSSR count). The van der Waals surface area contributed by atoms with Crippen LogP contribution < -0.4 is 0 Å². The van der Waals surface area contributed by atoms with Crippen molar-refractivity contribution in [2.24, 2.45) is 0 Å². The Kier molecular flexibility index (Phi) is 3.68. The summed E-state index contributed by atoms with van der Waals surface area (Å²) in [6.07, 6.45) is 1.55. The minimum Gasteiger partial charge on any atom is -0.618 e. The van der Waals surface area contributed by atoms with E-state index in [4.69, 9.17) is 11.6 Å². The molecule has 0 heterocycles. The van der Waals surface area contributed by atoms with Crippen LogP contribution in [0.1, 0.15) is 16.7 Å². The minimum absolute atomic E-state index is 0.620. The summed E-state index contributed by atoms with van der Waals surface area (Å²) in [5, 5.41) is 12.7. The molecule has 0 amide bonds. The third-order valence-electron chi connectivity index (χ3n) is 2.82. The maximum Gasteiger partial charge on any atom is 0.216 e. The quantitative estimate of drug-likeness (QED) is 0.343. The minimum atomic E-state index is 0.620. The van der Waals surface area contributed by atoms with E-state index < -0.39 is 0 Å². The normalized spacial score (nSPS) is 11.6. The fourth-order valence-electron chi connectivity index (χ4n) is 1.73. The van der Waals surface area contributed by atoms with Crippen LogP contribution in [-0.4, -0.2) is 11.0 Å². The van der Waals surface area contributed by atoms with Gasteiger partial charge in [-0.3, -0.25) is 0 Å². The van der Waals surface area contributed by atoms with Crippen molar-refractivity contribution in [1.29, 1.82) is 0 Å². The Labute approximate surface area is 112 Å². The van der Waals surface area contributed by atoms with Crippen molar-refractivity contribution in [1.82, 2.24) is 0 Å². The van der Waals surface area contributed by atoms with Gasteiger partial charge in [0.1, 0.15) is 0 Å². The molecule has 0 saturated carbocycles. The summed E-state index contributed by atoms with van der Waals surface area (Å²) in [5.41, 5.74) is 3.42. The van der Waals surface area contributed by atoms with Crippen molar-refractivity contribution in [2.75, 3.05) is 0 Å². The summed E-state index contributed by atoms with van der Waals surface area (Å²) in [5.74, 6) is 0. The van der Waals surface area contributed by atoms with E-state index >= 15 is 0 Å². The molecule has 0 aliphatic rings. The number of halogens is 1. The van der Waals surface area contributed by atoms with E-state index in [2.05, 4.69) is 0 Å². The maximum atomic E-state index is 12.0. The lowest BCUT2D eigenvalue weighted by Gasteiger charge is -2.05. The fraction of sp³-hybridized carbons (Fsp3) is 0.133. The zero-order chi connectivity index (χ0) is 13.1. The molecular formula is C15H14ClNO. The first-order valence-corrected chi connectivity index (χ1v) is 6.09. The summed E-state index contributed by atoms with van der Waals surface area (Å²) < 4.78 is 0.867. The Bertz CT molecular complexity index is 605. The third-order valence-corrected chi connectivity index (χ3v) is 3.23. The molecule has 0 aliphatic carbocycles. The lowest BCUT2D eigenvalue weighted by Crippen LogP contribution is -2.00. The fourth-order valence-corrected chi connectivity index (χ4v) is 1.91. The van der Waals surface area contributed by atoms with Gasteiger partial charge in [-0.2, -0.15) is 4.74 Å². The van der Waals surface area contributed by atoms with Crippen LogP contribution >= 0.6 is 11.6 Å². The zero-order valence-corrected chi connectivity index (χ0v) is 11.1. The number of aryl methyl sites for hydroxylation is 1. The number of nitrogens with zero attached hydrogens (tertiary/aromatic N) is 1. The van der Waals surface area contributed by atoms with E-state index in [-0.39, 0.29) is 0 Å². The molecule has 0 aliphatic heterocycles. The van der Waals surface area contributed by atoms with Crippen LogP contribution in [0, 0.1) is 19.1 Å². The molecule has 3 heteroatoms. The highest BCUT2D eigenvalue weighted by Crippen LogP contribution is 2.18. The standard InChI is InChI=1S/C15H14ClNO/c1-11-5-3-7-14(9-11)17(18)10-13-6-4-8-15(16)12(13)2/h3-10H,1-2H3. The van der Waals surface area contributed by atoms with E-state index in [1.807, 2.05) is 50.2 Å². The summed E-state index contributed by atoms with van der Waals surface area (Å²) in [4.78, 5) is 0. The molecule has 0 aromatic heterocycles. The van der Waals surface area contributed by atoms with Crippen LogP contribution in [0.3, 0.4) is 0 Å². The average Bonchev–Trinajstić information content (AvgIpc) is 2.35. The smallest absolute Gasteiger partial charge is 0.216 e. The Morgan fingerprint density at radius 1 is 1.11 bits per heavy atom. The molecular weight excluding hydrogens is 246 g/mol. The van der Waals surface area contributed by atoms with Crippen LogP contribution in [-0.2, 0) is 0 Å². The molecule has 92 valence electrons. The van der Waals surface area contributed by atoms with Gasteiger partial charge >= 0.3 is 0 Å². The monoisotopic (exact) mass is 259 g/mol. The van der Waals surface area contributed by atoms with Gasteiger partial charge in [-0.05, 0) is 37.1 Å². The van der Waals surface area contributed by atoms with E-state index in [0.717, 1.165) is 21.4 Å². The van der Waals surface area contributed by atoms with Crippen LogP contribution in [0.15, 0.2) is 42.5 Å². The molecule has 0 radical (unpaired) electrons. The average molecular weight is 260 g/mol. The molecule has 2 aromatic rings. The molecule has 0 saturated heterocycles. The van der Waals surface area contributed by atoms with Crippen molar-refractivity contribution >= 4 is 23.5 Å². The van der Waals surface area contributed by atoms with E-state index in [9.17, 15) is 5.21 Å². The lowest BCUT2D eigenvalue weighted by molar-refractivity contribution is -0.354. The van der Waals surface area contributed by atoms with Gasteiger partial charge in [-0.15, -0.1) is 0 Å². The van der Waals surface area contributed by atoms with Crippen LogP contribution in [0.5, 0.6) is 0 Å². The second-order valence-electron chi connectivity index (χ2n) is 4.25. The highest BCUT2D eigenvalue weighted by molar-refractivity contribution is 6.31. The molecule has 0 unspecified atom stereocenters. The second kappa shape index (κ2) is 5.23. The van der Waals surface area contributed by atoms with E-state index in [1.54, 1.807) is 12.3 Å².